The molecule has 0 spiro atoms. The lowest BCUT2D eigenvalue weighted by Gasteiger charge is -2.25. The molecule has 3 rings (SSSR count). The molecule has 0 N–H and O–H groups in total. The monoisotopic (exact) mass is 338 g/mol. The molecule has 132 valence electrons. The maximum absolute atomic E-state index is 12.7. The van der Waals surface area contributed by atoms with Crippen molar-refractivity contribution >= 4 is 5.91 Å². The Balaban J connectivity index is 1.60. The normalized spacial score (nSPS) is 19.9. The van der Waals surface area contributed by atoms with Gasteiger partial charge in [-0.1, -0.05) is 30.7 Å². The summed E-state index contributed by atoms with van der Waals surface area (Å²) in [6, 6.07) is 10.2. The highest BCUT2D eigenvalue weighted by molar-refractivity contribution is 5.77. The average Bonchev–Trinajstić information content (AvgIpc) is 2.99. The first-order valence-corrected chi connectivity index (χ1v) is 8.94. The molecule has 0 bridgehead atoms. The van der Waals surface area contributed by atoms with Crippen molar-refractivity contribution in [3.8, 4) is 5.75 Å². The third-order valence-corrected chi connectivity index (χ3v) is 4.80. The number of aromatic nitrogens is 1. The molecule has 1 aromatic heterocycles. The first-order valence-electron chi connectivity index (χ1n) is 8.94. The van der Waals surface area contributed by atoms with E-state index in [2.05, 4.69) is 31.0 Å². The fourth-order valence-corrected chi connectivity index (χ4v) is 3.56. The Labute approximate surface area is 149 Å². The summed E-state index contributed by atoms with van der Waals surface area (Å²) in [6.07, 6.45) is 5.03. The summed E-state index contributed by atoms with van der Waals surface area (Å²) in [6.45, 7) is 7.51. The topological polar surface area (TPSA) is 42.4 Å². The van der Waals surface area contributed by atoms with Gasteiger partial charge in [0.05, 0.1) is 19.1 Å². The Hall–Kier alpha value is -2.36. The Morgan fingerprint density at radius 2 is 2.16 bits per heavy atom. The molecule has 0 aliphatic carbocycles. The minimum absolute atomic E-state index is 0.136. The van der Waals surface area contributed by atoms with Gasteiger partial charge in [0.2, 0.25) is 5.91 Å². The number of nitrogens with zero attached hydrogens (tertiary/aromatic N) is 2. The highest BCUT2D eigenvalue weighted by atomic mass is 16.5. The Morgan fingerprint density at radius 3 is 2.88 bits per heavy atom. The standard InChI is InChI=1S/C21H26N2O2/c1-15-6-7-20(17(3)11-15)25-10-8-21(24)23-14-16(2)12-19(23)18-5-4-9-22-13-18/h4-7,9,11,13,16,19H,8,10,12,14H2,1-3H3/t16-,19-/m0/s1. The fraction of sp³-hybridized carbons (Fsp3) is 0.429. The molecule has 2 atom stereocenters. The second-order valence-corrected chi connectivity index (χ2v) is 7.06. The van der Waals surface area contributed by atoms with Crippen molar-refractivity contribution in [2.75, 3.05) is 13.2 Å². The van der Waals surface area contributed by atoms with Gasteiger partial charge in [0.1, 0.15) is 5.75 Å². The highest BCUT2D eigenvalue weighted by Gasteiger charge is 2.33. The molecule has 0 saturated carbocycles. The van der Waals surface area contributed by atoms with Crippen LogP contribution in [0.1, 0.15) is 42.5 Å². The van der Waals surface area contributed by atoms with E-state index in [1.807, 2.05) is 36.2 Å². The quantitative estimate of drug-likeness (QED) is 0.825. The zero-order valence-corrected chi connectivity index (χ0v) is 15.2. The van der Waals surface area contributed by atoms with E-state index in [0.717, 1.165) is 29.8 Å². The van der Waals surface area contributed by atoms with Crippen molar-refractivity contribution in [3.63, 3.8) is 0 Å². The lowest BCUT2D eigenvalue weighted by molar-refractivity contribution is -0.132. The molecule has 0 radical (unpaired) electrons. The Kier molecular flexibility index (Phi) is 5.37. The second kappa shape index (κ2) is 7.68. The maximum atomic E-state index is 12.7. The summed E-state index contributed by atoms with van der Waals surface area (Å²) in [4.78, 5) is 18.9. The van der Waals surface area contributed by atoms with Gasteiger partial charge in [-0.15, -0.1) is 0 Å². The van der Waals surface area contributed by atoms with Crippen LogP contribution in [-0.2, 0) is 4.79 Å². The fourth-order valence-electron chi connectivity index (χ4n) is 3.56. The molecule has 2 aromatic rings. The van der Waals surface area contributed by atoms with Crippen molar-refractivity contribution in [3.05, 3.63) is 59.4 Å². The SMILES string of the molecule is Cc1ccc(OCCC(=O)N2C[C@@H](C)C[C@H]2c2cccnc2)c(C)c1. The van der Waals surface area contributed by atoms with E-state index in [0.29, 0.717) is 18.9 Å². The summed E-state index contributed by atoms with van der Waals surface area (Å²) < 4.78 is 5.83. The molecule has 0 unspecified atom stereocenters. The summed E-state index contributed by atoms with van der Waals surface area (Å²) in [5.41, 5.74) is 3.44. The number of amides is 1. The van der Waals surface area contributed by atoms with Gasteiger partial charge in [0.25, 0.3) is 0 Å². The van der Waals surface area contributed by atoms with Gasteiger partial charge < -0.3 is 9.64 Å². The molecule has 1 aliphatic heterocycles. The molecule has 1 fully saturated rings. The van der Waals surface area contributed by atoms with Gasteiger partial charge >= 0.3 is 0 Å². The number of carbonyl (C=O) groups excluding carboxylic acids is 1. The number of hydrogen-bond donors (Lipinski definition) is 0. The number of hydrogen-bond acceptors (Lipinski definition) is 3. The molecule has 4 heteroatoms. The third kappa shape index (κ3) is 4.19. The predicted octanol–water partition coefficient (Wildman–Crippen LogP) is 4.08. The molecule has 2 heterocycles. The molecule has 1 amide bonds. The Bertz CT molecular complexity index is 730. The summed E-state index contributed by atoms with van der Waals surface area (Å²) in [5, 5.41) is 0. The number of rotatable bonds is 5. The van der Waals surface area contributed by atoms with Crippen molar-refractivity contribution in [2.45, 2.75) is 39.7 Å². The smallest absolute Gasteiger partial charge is 0.226 e. The molecule has 1 saturated heterocycles. The number of aryl methyl sites for hydroxylation is 2. The van der Waals surface area contributed by atoms with Crippen LogP contribution in [0.15, 0.2) is 42.7 Å². The number of ether oxygens (including phenoxy) is 1. The van der Waals surface area contributed by atoms with Crippen LogP contribution in [0.25, 0.3) is 0 Å². The summed E-state index contributed by atoms with van der Waals surface area (Å²) >= 11 is 0. The summed E-state index contributed by atoms with van der Waals surface area (Å²) in [7, 11) is 0. The van der Waals surface area contributed by atoms with E-state index in [-0.39, 0.29) is 11.9 Å². The van der Waals surface area contributed by atoms with E-state index in [1.165, 1.54) is 5.56 Å². The van der Waals surface area contributed by atoms with Gasteiger partial charge in [-0.05, 0) is 49.4 Å². The van der Waals surface area contributed by atoms with Crippen LogP contribution in [-0.4, -0.2) is 28.9 Å². The zero-order valence-electron chi connectivity index (χ0n) is 15.2. The van der Waals surface area contributed by atoms with Gasteiger partial charge in [-0.25, -0.2) is 0 Å². The molecule has 1 aliphatic rings. The van der Waals surface area contributed by atoms with E-state index < -0.39 is 0 Å². The second-order valence-electron chi connectivity index (χ2n) is 7.06. The van der Waals surface area contributed by atoms with Crippen LogP contribution >= 0.6 is 0 Å². The van der Waals surface area contributed by atoms with E-state index in [1.54, 1.807) is 6.20 Å². The van der Waals surface area contributed by atoms with Gasteiger partial charge in [0, 0.05) is 18.9 Å². The largest absolute Gasteiger partial charge is 0.493 e. The maximum Gasteiger partial charge on any atom is 0.226 e. The number of pyridine rings is 1. The van der Waals surface area contributed by atoms with Gasteiger partial charge in [-0.3, -0.25) is 9.78 Å². The zero-order chi connectivity index (χ0) is 17.8. The van der Waals surface area contributed by atoms with Gasteiger partial charge in [-0.2, -0.15) is 0 Å². The van der Waals surface area contributed by atoms with Crippen molar-refractivity contribution < 1.29 is 9.53 Å². The van der Waals surface area contributed by atoms with Gasteiger partial charge in [0.15, 0.2) is 0 Å². The number of likely N-dealkylation sites (tertiary alicyclic amines) is 1. The molecular weight excluding hydrogens is 312 g/mol. The van der Waals surface area contributed by atoms with Crippen molar-refractivity contribution in [1.29, 1.82) is 0 Å². The average molecular weight is 338 g/mol. The minimum Gasteiger partial charge on any atom is -0.493 e. The third-order valence-electron chi connectivity index (χ3n) is 4.80. The first-order chi connectivity index (χ1) is 12.0. The van der Waals surface area contributed by atoms with Crippen molar-refractivity contribution in [1.82, 2.24) is 9.88 Å². The lowest BCUT2D eigenvalue weighted by Crippen LogP contribution is -2.32. The van der Waals surface area contributed by atoms with Crippen LogP contribution in [0.2, 0.25) is 0 Å². The predicted molar refractivity (Wildman–Crippen MR) is 98.5 cm³/mol. The number of carbonyl (C=O) groups is 1. The van der Waals surface area contributed by atoms with E-state index >= 15 is 0 Å². The molecule has 25 heavy (non-hydrogen) atoms. The lowest BCUT2D eigenvalue weighted by atomic mass is 10.0. The van der Waals surface area contributed by atoms with Crippen molar-refractivity contribution in [2.24, 2.45) is 5.92 Å². The molecule has 1 aromatic carbocycles. The Morgan fingerprint density at radius 1 is 1.32 bits per heavy atom. The van der Waals surface area contributed by atoms with E-state index in [9.17, 15) is 4.79 Å². The summed E-state index contributed by atoms with van der Waals surface area (Å²) in [5.74, 6) is 1.52. The van der Waals surface area contributed by atoms with Crippen LogP contribution in [0.3, 0.4) is 0 Å². The van der Waals surface area contributed by atoms with Crippen LogP contribution in [0.5, 0.6) is 5.75 Å². The highest BCUT2D eigenvalue weighted by Crippen LogP contribution is 2.35. The van der Waals surface area contributed by atoms with E-state index in [4.69, 9.17) is 4.74 Å². The molecule has 4 nitrogen and oxygen atoms in total. The van der Waals surface area contributed by atoms with Crippen LogP contribution < -0.4 is 4.74 Å². The first kappa shape index (κ1) is 17.5. The number of benzene rings is 1. The van der Waals surface area contributed by atoms with Crippen LogP contribution in [0.4, 0.5) is 0 Å². The minimum atomic E-state index is 0.136. The van der Waals surface area contributed by atoms with Crippen LogP contribution in [0, 0.1) is 19.8 Å². The molecular formula is C21H26N2O2.